The van der Waals surface area contributed by atoms with E-state index in [2.05, 4.69) is 0 Å². The summed E-state index contributed by atoms with van der Waals surface area (Å²) in [6.07, 6.45) is 1.44. The molecule has 0 aliphatic carbocycles. The van der Waals surface area contributed by atoms with Crippen LogP contribution in [0.5, 0.6) is 11.5 Å². The van der Waals surface area contributed by atoms with E-state index < -0.39 is 11.8 Å². The standard InChI is InChI=1S/C21H17Cl3N2O4S/c1-25-19(27)13(20(28)26(2)21(25)31)6-12-8-16(24)18(17(9-12)29-3)30-10-11-4-5-14(22)15(23)7-11/h4-9H,10H2,1-3H3. The number of hydrogen-bond donors (Lipinski definition) is 0. The van der Waals surface area contributed by atoms with Gasteiger partial charge in [0.1, 0.15) is 12.2 Å². The number of nitrogens with zero attached hydrogens (tertiary/aromatic N) is 2. The van der Waals surface area contributed by atoms with Crippen molar-refractivity contribution in [2.75, 3.05) is 21.2 Å². The first-order valence-electron chi connectivity index (χ1n) is 8.90. The maximum atomic E-state index is 12.5. The molecule has 1 aliphatic heterocycles. The van der Waals surface area contributed by atoms with Gasteiger partial charge < -0.3 is 9.47 Å². The summed E-state index contributed by atoms with van der Waals surface area (Å²) in [5.41, 5.74) is 1.25. The van der Waals surface area contributed by atoms with Crippen LogP contribution < -0.4 is 9.47 Å². The molecule has 3 rings (SSSR count). The first-order chi connectivity index (χ1) is 14.6. The van der Waals surface area contributed by atoms with E-state index in [0.29, 0.717) is 27.1 Å². The van der Waals surface area contributed by atoms with E-state index in [1.54, 1.807) is 30.3 Å². The lowest BCUT2D eigenvalue weighted by Crippen LogP contribution is -2.52. The van der Waals surface area contributed by atoms with Crippen LogP contribution in [0.15, 0.2) is 35.9 Å². The molecule has 1 fully saturated rings. The van der Waals surface area contributed by atoms with Crippen LogP contribution in [0, 0.1) is 0 Å². The van der Waals surface area contributed by atoms with Crippen molar-refractivity contribution in [2.45, 2.75) is 6.61 Å². The number of amides is 2. The average molecular weight is 500 g/mol. The van der Waals surface area contributed by atoms with Crippen LogP contribution in [0.25, 0.3) is 6.08 Å². The zero-order valence-electron chi connectivity index (χ0n) is 16.7. The summed E-state index contributed by atoms with van der Waals surface area (Å²) in [5, 5.41) is 1.24. The summed E-state index contributed by atoms with van der Waals surface area (Å²) in [5.74, 6) is -0.340. The third-order valence-corrected chi connectivity index (χ3v) is 6.14. The minimum Gasteiger partial charge on any atom is -0.493 e. The number of halogens is 3. The highest BCUT2D eigenvalue weighted by Crippen LogP contribution is 2.38. The molecule has 31 heavy (non-hydrogen) atoms. The van der Waals surface area contributed by atoms with Gasteiger partial charge in [0.05, 0.1) is 22.2 Å². The second kappa shape index (κ2) is 9.44. The van der Waals surface area contributed by atoms with Crippen molar-refractivity contribution < 1.29 is 19.1 Å². The fourth-order valence-electron chi connectivity index (χ4n) is 2.89. The monoisotopic (exact) mass is 498 g/mol. The van der Waals surface area contributed by atoms with E-state index in [1.807, 2.05) is 0 Å². The van der Waals surface area contributed by atoms with Gasteiger partial charge in [0.15, 0.2) is 16.6 Å². The molecular formula is C21H17Cl3N2O4S. The highest BCUT2D eigenvalue weighted by molar-refractivity contribution is 7.80. The van der Waals surface area contributed by atoms with E-state index in [9.17, 15) is 9.59 Å². The highest BCUT2D eigenvalue weighted by atomic mass is 35.5. The van der Waals surface area contributed by atoms with Crippen molar-refractivity contribution in [1.29, 1.82) is 0 Å². The Bertz CT molecular complexity index is 1090. The topological polar surface area (TPSA) is 59.1 Å². The van der Waals surface area contributed by atoms with Gasteiger partial charge in [0.2, 0.25) is 0 Å². The van der Waals surface area contributed by atoms with E-state index in [1.165, 1.54) is 37.1 Å². The molecule has 2 amide bonds. The Labute approximate surface area is 199 Å². The Balaban J connectivity index is 1.91. The molecule has 162 valence electrons. The lowest BCUT2D eigenvalue weighted by molar-refractivity contribution is -0.132. The quantitative estimate of drug-likeness (QED) is 0.335. The zero-order valence-corrected chi connectivity index (χ0v) is 19.8. The molecule has 0 unspecified atom stereocenters. The minimum atomic E-state index is -0.497. The van der Waals surface area contributed by atoms with Crippen LogP contribution in [-0.4, -0.2) is 47.9 Å². The summed E-state index contributed by atoms with van der Waals surface area (Å²) in [7, 11) is 4.48. The van der Waals surface area contributed by atoms with Gasteiger partial charge >= 0.3 is 0 Å². The van der Waals surface area contributed by atoms with Crippen molar-refractivity contribution in [3.8, 4) is 11.5 Å². The van der Waals surface area contributed by atoms with Crippen LogP contribution in [0.1, 0.15) is 11.1 Å². The number of rotatable bonds is 5. The van der Waals surface area contributed by atoms with Crippen molar-refractivity contribution in [1.82, 2.24) is 9.80 Å². The summed E-state index contributed by atoms with van der Waals surface area (Å²) in [6, 6.07) is 8.35. The van der Waals surface area contributed by atoms with Gasteiger partial charge in [0, 0.05) is 14.1 Å². The molecule has 0 atom stereocenters. The first-order valence-corrected chi connectivity index (χ1v) is 10.4. The fourth-order valence-corrected chi connectivity index (χ4v) is 3.65. The van der Waals surface area contributed by atoms with Gasteiger partial charge in [0.25, 0.3) is 11.8 Å². The Morgan fingerprint density at radius 1 is 0.968 bits per heavy atom. The summed E-state index contributed by atoms with van der Waals surface area (Å²) in [4.78, 5) is 27.5. The van der Waals surface area contributed by atoms with E-state index in [0.717, 1.165) is 5.56 Å². The maximum Gasteiger partial charge on any atom is 0.265 e. The molecule has 1 saturated heterocycles. The van der Waals surface area contributed by atoms with Gasteiger partial charge in [-0.3, -0.25) is 19.4 Å². The Kier molecular flexibility index (Phi) is 7.11. The average Bonchev–Trinajstić information content (AvgIpc) is 2.75. The van der Waals surface area contributed by atoms with Crippen molar-refractivity contribution in [3.63, 3.8) is 0 Å². The van der Waals surface area contributed by atoms with Crippen LogP contribution >= 0.6 is 47.0 Å². The largest absolute Gasteiger partial charge is 0.493 e. The fraction of sp³-hybridized carbons (Fsp3) is 0.190. The van der Waals surface area contributed by atoms with Crippen molar-refractivity contribution in [3.05, 3.63) is 62.1 Å². The van der Waals surface area contributed by atoms with Crippen molar-refractivity contribution in [2.24, 2.45) is 0 Å². The molecule has 10 heteroatoms. The number of carbonyl (C=O) groups excluding carboxylic acids is 2. The van der Waals surface area contributed by atoms with E-state index in [-0.39, 0.29) is 22.3 Å². The molecule has 0 bridgehead atoms. The predicted molar refractivity (Wildman–Crippen MR) is 125 cm³/mol. The number of likely N-dealkylation sites (N-methyl/N-ethyl adjacent to an activating group) is 2. The van der Waals surface area contributed by atoms with Crippen LogP contribution in [0.3, 0.4) is 0 Å². The number of methoxy groups -OCH3 is 1. The number of ether oxygens (including phenoxy) is 2. The molecule has 0 radical (unpaired) electrons. The third kappa shape index (κ3) is 4.80. The van der Waals surface area contributed by atoms with Gasteiger partial charge in [-0.2, -0.15) is 0 Å². The van der Waals surface area contributed by atoms with Gasteiger partial charge in [-0.15, -0.1) is 0 Å². The molecule has 0 saturated carbocycles. The second-order valence-electron chi connectivity index (χ2n) is 6.64. The predicted octanol–water partition coefficient (Wildman–Crippen LogP) is 4.83. The lowest BCUT2D eigenvalue weighted by atomic mass is 10.1. The third-order valence-electron chi connectivity index (χ3n) is 4.57. The van der Waals surface area contributed by atoms with Crippen molar-refractivity contribution >= 4 is 70.0 Å². The Morgan fingerprint density at radius 3 is 2.19 bits per heavy atom. The van der Waals surface area contributed by atoms with Gasteiger partial charge in [-0.25, -0.2) is 0 Å². The van der Waals surface area contributed by atoms with E-state index in [4.69, 9.17) is 56.5 Å². The zero-order chi connectivity index (χ0) is 22.9. The minimum absolute atomic E-state index is 0.0406. The molecule has 1 heterocycles. The summed E-state index contributed by atoms with van der Waals surface area (Å²) >= 11 is 23.5. The van der Waals surface area contributed by atoms with Crippen LogP contribution in [0.2, 0.25) is 15.1 Å². The molecule has 0 N–H and O–H groups in total. The Morgan fingerprint density at radius 2 is 1.61 bits per heavy atom. The number of benzene rings is 2. The number of thiocarbonyl (C=S) groups is 1. The molecule has 1 aliphatic rings. The summed E-state index contributed by atoms with van der Waals surface area (Å²) < 4.78 is 11.2. The normalized spacial score (nSPS) is 14.3. The smallest absolute Gasteiger partial charge is 0.265 e. The lowest BCUT2D eigenvalue weighted by Gasteiger charge is -2.31. The second-order valence-corrected chi connectivity index (χ2v) is 8.23. The molecule has 2 aromatic carbocycles. The maximum absolute atomic E-state index is 12.5. The molecule has 0 spiro atoms. The summed E-state index contributed by atoms with van der Waals surface area (Å²) in [6.45, 7) is 0.178. The van der Waals surface area contributed by atoms with Crippen LogP contribution in [-0.2, 0) is 16.2 Å². The van der Waals surface area contributed by atoms with Gasteiger partial charge in [-0.05, 0) is 53.7 Å². The van der Waals surface area contributed by atoms with Crippen LogP contribution in [0.4, 0.5) is 0 Å². The Hall–Kier alpha value is -2.32. The highest BCUT2D eigenvalue weighted by Gasteiger charge is 2.35. The molecular weight excluding hydrogens is 483 g/mol. The molecule has 6 nitrogen and oxygen atoms in total. The number of carbonyl (C=O) groups is 2. The molecule has 0 aromatic heterocycles. The SMILES string of the molecule is COc1cc(C=C2C(=O)N(C)C(=S)N(C)C2=O)cc(Cl)c1OCc1ccc(Cl)c(Cl)c1. The van der Waals surface area contributed by atoms with E-state index >= 15 is 0 Å². The molecule has 2 aromatic rings. The van der Waals surface area contributed by atoms with Gasteiger partial charge in [-0.1, -0.05) is 40.9 Å². The first kappa shape index (κ1) is 23.3. The number of hydrogen-bond acceptors (Lipinski definition) is 5.